The Bertz CT molecular complexity index is 1070. The van der Waals surface area contributed by atoms with Gasteiger partial charge in [-0.25, -0.2) is 19.6 Å². The summed E-state index contributed by atoms with van der Waals surface area (Å²) in [6, 6.07) is 5.97. The molecule has 11 nitrogen and oxygen atoms in total. The first-order chi connectivity index (χ1) is 16.5. The van der Waals surface area contributed by atoms with Crippen LogP contribution in [0.15, 0.2) is 47.9 Å². The molecule has 2 aliphatic rings. The molecule has 180 valence electrons. The van der Waals surface area contributed by atoms with Gasteiger partial charge in [0, 0.05) is 50.8 Å². The molecular weight excluding hydrogens is 440 g/mol. The second kappa shape index (κ2) is 10.4. The number of benzene rings is 1. The number of hydrogen-bond donors (Lipinski definition) is 2. The van der Waals surface area contributed by atoms with E-state index in [0.717, 1.165) is 26.2 Å². The van der Waals surface area contributed by atoms with E-state index in [0.29, 0.717) is 40.8 Å². The molecule has 1 atom stereocenters. The summed E-state index contributed by atoms with van der Waals surface area (Å²) < 4.78 is 15.8. The van der Waals surface area contributed by atoms with Crippen LogP contribution in [0.1, 0.15) is 11.6 Å². The Labute approximate surface area is 197 Å². The number of carbonyl (C=O) groups excluding carboxylic acids is 2. The van der Waals surface area contributed by atoms with Crippen LogP contribution in [-0.4, -0.2) is 80.9 Å². The number of methoxy groups -OCH3 is 3. The van der Waals surface area contributed by atoms with E-state index < -0.39 is 18.0 Å². The molecule has 1 fully saturated rings. The Morgan fingerprint density at radius 1 is 1.06 bits per heavy atom. The first-order valence-corrected chi connectivity index (χ1v) is 10.9. The third kappa shape index (κ3) is 4.88. The van der Waals surface area contributed by atoms with Gasteiger partial charge in [0.15, 0.2) is 11.5 Å². The zero-order valence-electron chi connectivity index (χ0n) is 19.4. The van der Waals surface area contributed by atoms with Gasteiger partial charge in [-0.3, -0.25) is 4.90 Å². The highest BCUT2D eigenvalue weighted by Gasteiger charge is 2.35. The molecule has 1 saturated heterocycles. The van der Waals surface area contributed by atoms with Crippen LogP contribution in [0.2, 0.25) is 0 Å². The van der Waals surface area contributed by atoms with Crippen molar-refractivity contribution >= 4 is 17.9 Å². The van der Waals surface area contributed by atoms with Gasteiger partial charge in [0.25, 0.3) is 0 Å². The Balaban J connectivity index is 1.58. The van der Waals surface area contributed by atoms with Crippen LogP contribution < -0.4 is 25.0 Å². The fourth-order valence-electron chi connectivity index (χ4n) is 4.16. The summed E-state index contributed by atoms with van der Waals surface area (Å²) >= 11 is 0. The Morgan fingerprint density at radius 2 is 1.76 bits per heavy atom. The molecule has 34 heavy (non-hydrogen) atoms. The normalized spacial score (nSPS) is 18.7. The number of amides is 2. The van der Waals surface area contributed by atoms with Gasteiger partial charge in [0.2, 0.25) is 5.95 Å². The molecule has 2 aromatic rings. The van der Waals surface area contributed by atoms with Crippen molar-refractivity contribution in [3.8, 4) is 11.5 Å². The molecule has 4 rings (SSSR count). The van der Waals surface area contributed by atoms with Gasteiger partial charge < -0.3 is 29.7 Å². The molecule has 2 N–H and O–H groups in total. The highest BCUT2D eigenvalue weighted by atomic mass is 16.5. The number of aromatic nitrogens is 2. The van der Waals surface area contributed by atoms with Gasteiger partial charge >= 0.3 is 12.0 Å². The van der Waals surface area contributed by atoms with Crippen LogP contribution in [0.25, 0.3) is 0 Å². The van der Waals surface area contributed by atoms with Crippen molar-refractivity contribution in [1.29, 1.82) is 0 Å². The second-order valence-corrected chi connectivity index (χ2v) is 7.84. The van der Waals surface area contributed by atoms with E-state index in [1.807, 2.05) is 0 Å². The molecule has 3 heterocycles. The molecule has 2 amide bonds. The summed E-state index contributed by atoms with van der Waals surface area (Å²) in [5.41, 5.74) is 1.54. The van der Waals surface area contributed by atoms with Gasteiger partial charge in [-0.05, 0) is 23.8 Å². The molecule has 0 spiro atoms. The smallest absolute Gasteiger partial charge is 0.338 e. The number of esters is 1. The maximum absolute atomic E-state index is 12.9. The number of ether oxygens (including phenoxy) is 3. The third-order valence-electron chi connectivity index (χ3n) is 5.89. The van der Waals surface area contributed by atoms with Crippen LogP contribution >= 0.6 is 0 Å². The number of hydrogen-bond acceptors (Lipinski definition) is 9. The van der Waals surface area contributed by atoms with Crippen LogP contribution in [0, 0.1) is 0 Å². The topological polar surface area (TPSA) is 118 Å². The second-order valence-electron chi connectivity index (χ2n) is 7.84. The van der Waals surface area contributed by atoms with Crippen molar-refractivity contribution < 1.29 is 23.8 Å². The monoisotopic (exact) mass is 468 g/mol. The van der Waals surface area contributed by atoms with Crippen LogP contribution in [-0.2, 0) is 9.53 Å². The predicted molar refractivity (Wildman–Crippen MR) is 124 cm³/mol. The lowest BCUT2D eigenvalue weighted by Crippen LogP contribution is -2.52. The molecule has 0 aliphatic carbocycles. The zero-order chi connectivity index (χ0) is 24.1. The molecule has 0 saturated carbocycles. The average molecular weight is 469 g/mol. The molecule has 0 unspecified atom stereocenters. The number of nitrogens with zero attached hydrogens (tertiary/aromatic N) is 4. The highest BCUT2D eigenvalue weighted by molar-refractivity contribution is 5.95. The quantitative estimate of drug-likeness (QED) is 0.576. The van der Waals surface area contributed by atoms with E-state index in [4.69, 9.17) is 14.2 Å². The van der Waals surface area contributed by atoms with Gasteiger partial charge in [0.05, 0.1) is 32.9 Å². The molecule has 1 aromatic carbocycles. The summed E-state index contributed by atoms with van der Waals surface area (Å²) in [6.07, 6.45) is 3.45. The van der Waals surface area contributed by atoms with E-state index in [1.165, 1.54) is 14.2 Å². The number of anilines is 1. The Hall–Kier alpha value is -3.86. The van der Waals surface area contributed by atoms with Gasteiger partial charge in [-0.1, -0.05) is 6.07 Å². The van der Waals surface area contributed by atoms with E-state index in [9.17, 15) is 9.59 Å². The first kappa shape index (κ1) is 23.3. The summed E-state index contributed by atoms with van der Waals surface area (Å²) in [6.45, 7) is 3.30. The SMILES string of the molecule is COC(=O)C1=C(CN2CCN(c3ncccn3)CC2)NC(=O)N[C@@H]1c1ccc(OC)c(OC)c1. The highest BCUT2D eigenvalue weighted by Crippen LogP contribution is 2.34. The number of nitrogens with one attached hydrogen (secondary N) is 2. The maximum atomic E-state index is 12.9. The Morgan fingerprint density at radius 3 is 2.41 bits per heavy atom. The van der Waals surface area contributed by atoms with Crippen molar-refractivity contribution in [1.82, 2.24) is 25.5 Å². The lowest BCUT2D eigenvalue weighted by molar-refractivity contribution is -0.136. The van der Waals surface area contributed by atoms with Gasteiger partial charge in [0.1, 0.15) is 0 Å². The first-order valence-electron chi connectivity index (χ1n) is 10.9. The lowest BCUT2D eigenvalue weighted by Gasteiger charge is -2.37. The van der Waals surface area contributed by atoms with Crippen LogP contribution in [0.3, 0.4) is 0 Å². The molecule has 11 heteroatoms. The summed E-state index contributed by atoms with van der Waals surface area (Å²) in [7, 11) is 4.41. The van der Waals surface area contributed by atoms with Crippen molar-refractivity contribution in [2.45, 2.75) is 6.04 Å². The number of carbonyl (C=O) groups is 2. The standard InChI is InChI=1S/C23H28N6O5/c1-32-17-6-5-15(13-18(17)33-2)20-19(21(30)34-3)16(26-23(31)27-20)14-28-9-11-29(12-10-28)22-24-7-4-8-25-22/h4-8,13,20H,9-12,14H2,1-3H3,(H2,26,27,31)/t20-/m1/s1. The minimum atomic E-state index is -0.699. The molecule has 2 aliphatic heterocycles. The van der Waals surface area contributed by atoms with E-state index in [2.05, 4.69) is 30.4 Å². The van der Waals surface area contributed by atoms with Crippen molar-refractivity contribution in [2.24, 2.45) is 0 Å². The van der Waals surface area contributed by atoms with E-state index >= 15 is 0 Å². The number of piperazine rings is 1. The largest absolute Gasteiger partial charge is 0.493 e. The Kier molecular flexibility index (Phi) is 7.12. The predicted octanol–water partition coefficient (Wildman–Crippen LogP) is 1.10. The molecule has 1 aromatic heterocycles. The number of rotatable bonds is 7. The van der Waals surface area contributed by atoms with E-state index in [-0.39, 0.29) is 0 Å². The van der Waals surface area contributed by atoms with Crippen molar-refractivity contribution in [2.75, 3.05) is 59.0 Å². The summed E-state index contributed by atoms with van der Waals surface area (Å²) in [5.74, 6) is 1.23. The minimum Gasteiger partial charge on any atom is -0.493 e. The molecule has 0 radical (unpaired) electrons. The third-order valence-corrected chi connectivity index (χ3v) is 5.89. The number of urea groups is 1. The summed E-state index contributed by atoms with van der Waals surface area (Å²) in [4.78, 5) is 38.3. The average Bonchev–Trinajstić information content (AvgIpc) is 2.88. The maximum Gasteiger partial charge on any atom is 0.338 e. The minimum absolute atomic E-state index is 0.350. The fourth-order valence-corrected chi connectivity index (χ4v) is 4.16. The molecule has 0 bridgehead atoms. The van der Waals surface area contributed by atoms with Gasteiger partial charge in [-0.15, -0.1) is 0 Å². The van der Waals surface area contributed by atoms with Crippen molar-refractivity contribution in [3.63, 3.8) is 0 Å². The summed E-state index contributed by atoms with van der Waals surface area (Å²) in [5, 5.41) is 5.65. The lowest BCUT2D eigenvalue weighted by atomic mass is 9.94. The van der Waals surface area contributed by atoms with Gasteiger partial charge in [-0.2, -0.15) is 0 Å². The van der Waals surface area contributed by atoms with E-state index in [1.54, 1.807) is 43.8 Å². The fraction of sp³-hybridized carbons (Fsp3) is 0.391. The van der Waals surface area contributed by atoms with Crippen LogP contribution in [0.5, 0.6) is 11.5 Å². The van der Waals surface area contributed by atoms with Crippen molar-refractivity contribution in [3.05, 3.63) is 53.5 Å². The van der Waals surface area contributed by atoms with Crippen LogP contribution in [0.4, 0.5) is 10.7 Å². The zero-order valence-corrected chi connectivity index (χ0v) is 19.4. The molecular formula is C23H28N6O5.